The minimum absolute atomic E-state index is 0.163. The van der Waals surface area contributed by atoms with E-state index < -0.39 is 21.2 Å². The summed E-state index contributed by atoms with van der Waals surface area (Å²) in [6, 6.07) is 0. The summed E-state index contributed by atoms with van der Waals surface area (Å²) in [4.78, 5) is 10.6. The Morgan fingerprint density at radius 1 is 1.53 bits per heavy atom. The van der Waals surface area contributed by atoms with Crippen LogP contribution in [0.5, 0.6) is 0 Å². The third-order valence-electron chi connectivity index (χ3n) is 1.95. The molecule has 0 spiro atoms. The summed E-state index contributed by atoms with van der Waals surface area (Å²) in [5.74, 6) is -1.34. The van der Waals surface area contributed by atoms with Gasteiger partial charge in [0.2, 0.25) is 10.0 Å². The van der Waals surface area contributed by atoms with E-state index >= 15 is 0 Å². The van der Waals surface area contributed by atoms with Crippen molar-refractivity contribution in [2.45, 2.75) is 26.0 Å². The summed E-state index contributed by atoms with van der Waals surface area (Å²) in [5, 5.41) is 7.25. The van der Waals surface area contributed by atoms with E-state index in [9.17, 15) is 13.2 Å². The normalized spacial score (nSPS) is 13.9. The fraction of sp³-hybridized carbons (Fsp3) is 0.667. The molecule has 6 heteroatoms. The highest BCUT2D eigenvalue weighted by Crippen LogP contribution is 2.10. The van der Waals surface area contributed by atoms with Crippen LogP contribution < -0.4 is 0 Å². The van der Waals surface area contributed by atoms with Gasteiger partial charge in [0.05, 0.1) is 0 Å². The molecule has 0 bridgehead atoms. The van der Waals surface area contributed by atoms with Crippen LogP contribution in [-0.4, -0.2) is 42.1 Å². The van der Waals surface area contributed by atoms with Gasteiger partial charge in [0.15, 0.2) is 5.25 Å². The van der Waals surface area contributed by atoms with Gasteiger partial charge < -0.3 is 5.11 Å². The van der Waals surface area contributed by atoms with E-state index in [-0.39, 0.29) is 13.1 Å². The van der Waals surface area contributed by atoms with Gasteiger partial charge in [-0.2, -0.15) is 4.31 Å². The van der Waals surface area contributed by atoms with Crippen molar-refractivity contribution < 1.29 is 18.3 Å². The van der Waals surface area contributed by atoms with Crippen molar-refractivity contribution in [1.82, 2.24) is 4.31 Å². The fourth-order valence-corrected chi connectivity index (χ4v) is 2.50. The highest BCUT2D eigenvalue weighted by atomic mass is 32.2. The van der Waals surface area contributed by atoms with Crippen molar-refractivity contribution in [1.29, 1.82) is 0 Å². The number of carboxylic acid groups (broad SMARTS) is 1. The number of sulfonamides is 1. The molecule has 15 heavy (non-hydrogen) atoms. The van der Waals surface area contributed by atoms with Crippen LogP contribution in [0.3, 0.4) is 0 Å². The molecule has 0 amide bonds. The summed E-state index contributed by atoms with van der Waals surface area (Å²) in [5.41, 5.74) is 0.679. The van der Waals surface area contributed by atoms with Gasteiger partial charge in [0.1, 0.15) is 0 Å². The molecule has 0 aromatic rings. The van der Waals surface area contributed by atoms with E-state index in [1.165, 1.54) is 6.92 Å². The Balaban J connectivity index is 4.97. The van der Waals surface area contributed by atoms with E-state index in [1.807, 2.05) is 0 Å². The van der Waals surface area contributed by atoms with Gasteiger partial charge in [-0.25, -0.2) is 8.42 Å². The third-order valence-corrected chi connectivity index (χ3v) is 4.16. The van der Waals surface area contributed by atoms with Crippen LogP contribution in [0, 0.1) is 0 Å². The fourth-order valence-electron chi connectivity index (χ4n) is 1.03. The largest absolute Gasteiger partial charge is 0.480 e. The number of nitrogens with zero attached hydrogens (tertiary/aromatic N) is 1. The van der Waals surface area contributed by atoms with Gasteiger partial charge in [0, 0.05) is 13.1 Å². The van der Waals surface area contributed by atoms with E-state index in [4.69, 9.17) is 5.11 Å². The molecule has 0 saturated heterocycles. The van der Waals surface area contributed by atoms with Crippen molar-refractivity contribution >= 4 is 16.0 Å². The molecule has 1 unspecified atom stereocenters. The van der Waals surface area contributed by atoms with Gasteiger partial charge >= 0.3 is 5.97 Å². The second-order valence-corrected chi connectivity index (χ2v) is 5.66. The van der Waals surface area contributed by atoms with Gasteiger partial charge in [-0.05, 0) is 13.8 Å². The molecule has 1 atom stereocenters. The van der Waals surface area contributed by atoms with Crippen molar-refractivity contribution in [3.63, 3.8) is 0 Å². The molecular weight excluding hydrogens is 218 g/mol. The predicted octanol–water partition coefficient (Wildman–Crippen LogP) is 0.687. The van der Waals surface area contributed by atoms with Crippen LogP contribution in [0.1, 0.15) is 20.8 Å². The molecule has 0 fully saturated rings. The molecular formula is C9H17NO4S. The number of hydrogen-bond donors (Lipinski definition) is 1. The van der Waals surface area contributed by atoms with Crippen molar-refractivity contribution in [2.24, 2.45) is 0 Å². The standard InChI is InChI=1S/C9H17NO4S/c1-5-10(6-7(2)3)15(13,14)8(4)9(11)12/h8H,2,5-6H2,1,3-4H3,(H,11,12). The molecule has 0 aliphatic heterocycles. The van der Waals surface area contributed by atoms with E-state index in [0.29, 0.717) is 5.57 Å². The van der Waals surface area contributed by atoms with E-state index in [1.54, 1.807) is 13.8 Å². The second kappa shape index (κ2) is 5.27. The quantitative estimate of drug-likeness (QED) is 0.687. The predicted molar refractivity (Wildman–Crippen MR) is 58.1 cm³/mol. The molecule has 0 saturated carbocycles. The zero-order valence-corrected chi connectivity index (χ0v) is 10.0. The topological polar surface area (TPSA) is 74.7 Å². The number of hydrogen-bond acceptors (Lipinski definition) is 3. The van der Waals surface area contributed by atoms with Gasteiger partial charge in [-0.15, -0.1) is 0 Å². The maximum absolute atomic E-state index is 11.7. The van der Waals surface area contributed by atoms with Crippen LogP contribution in [0.15, 0.2) is 12.2 Å². The van der Waals surface area contributed by atoms with Crippen molar-refractivity contribution in [2.75, 3.05) is 13.1 Å². The first-order valence-electron chi connectivity index (χ1n) is 4.59. The molecule has 5 nitrogen and oxygen atoms in total. The zero-order chi connectivity index (χ0) is 12.2. The molecule has 0 aliphatic carbocycles. The van der Waals surface area contributed by atoms with Crippen LogP contribution in [0.4, 0.5) is 0 Å². The highest BCUT2D eigenvalue weighted by Gasteiger charge is 2.32. The lowest BCUT2D eigenvalue weighted by atomic mass is 10.3. The third kappa shape index (κ3) is 3.64. The van der Waals surface area contributed by atoms with Gasteiger partial charge in [-0.3, -0.25) is 4.79 Å². The molecule has 0 rings (SSSR count). The average molecular weight is 235 g/mol. The average Bonchev–Trinajstić information content (AvgIpc) is 2.11. The van der Waals surface area contributed by atoms with Crippen LogP contribution in [-0.2, 0) is 14.8 Å². The number of aliphatic carboxylic acids is 1. The number of likely N-dealkylation sites (N-methyl/N-ethyl adjacent to an activating group) is 1. The number of carbonyl (C=O) groups is 1. The molecule has 0 heterocycles. The maximum atomic E-state index is 11.7. The molecule has 0 aliphatic rings. The van der Waals surface area contributed by atoms with Crippen molar-refractivity contribution in [3.05, 3.63) is 12.2 Å². The molecule has 0 aromatic carbocycles. The molecule has 1 N–H and O–H groups in total. The lowest BCUT2D eigenvalue weighted by Gasteiger charge is -2.22. The Morgan fingerprint density at radius 2 is 2.00 bits per heavy atom. The van der Waals surface area contributed by atoms with Crippen LogP contribution in [0.2, 0.25) is 0 Å². The second-order valence-electron chi connectivity index (χ2n) is 3.41. The smallest absolute Gasteiger partial charge is 0.323 e. The number of rotatable bonds is 6. The summed E-state index contributed by atoms with van der Waals surface area (Å²) >= 11 is 0. The Bertz CT molecular complexity index is 347. The highest BCUT2D eigenvalue weighted by molar-refractivity contribution is 7.90. The lowest BCUT2D eigenvalue weighted by molar-refractivity contribution is -0.136. The summed E-state index contributed by atoms with van der Waals surface area (Å²) in [6.07, 6.45) is 0. The first-order valence-corrected chi connectivity index (χ1v) is 6.10. The Hall–Kier alpha value is -0.880. The molecule has 88 valence electrons. The molecule has 0 radical (unpaired) electrons. The zero-order valence-electron chi connectivity index (χ0n) is 9.23. The first kappa shape index (κ1) is 14.1. The monoisotopic (exact) mass is 235 g/mol. The lowest BCUT2D eigenvalue weighted by Crippen LogP contribution is -2.41. The minimum atomic E-state index is -3.77. The summed E-state index contributed by atoms with van der Waals surface area (Å²) < 4.78 is 24.6. The Morgan fingerprint density at radius 3 is 2.27 bits per heavy atom. The van der Waals surface area contributed by atoms with Crippen LogP contribution >= 0.6 is 0 Å². The SMILES string of the molecule is C=C(C)CN(CC)S(=O)(=O)C(C)C(=O)O. The molecule has 0 aromatic heterocycles. The van der Waals surface area contributed by atoms with E-state index in [2.05, 4.69) is 6.58 Å². The van der Waals surface area contributed by atoms with Crippen molar-refractivity contribution in [3.8, 4) is 0 Å². The first-order chi connectivity index (χ1) is 6.73. The Kier molecular flexibility index (Phi) is 4.96. The van der Waals surface area contributed by atoms with Crippen LogP contribution in [0.25, 0.3) is 0 Å². The van der Waals surface area contributed by atoms with E-state index in [0.717, 1.165) is 4.31 Å². The summed E-state index contributed by atoms with van der Waals surface area (Å²) in [7, 11) is -3.77. The van der Waals surface area contributed by atoms with Gasteiger partial charge in [0.25, 0.3) is 0 Å². The Labute approximate surface area is 90.4 Å². The van der Waals surface area contributed by atoms with Gasteiger partial charge in [-0.1, -0.05) is 19.1 Å². The number of carboxylic acids is 1. The maximum Gasteiger partial charge on any atom is 0.323 e. The minimum Gasteiger partial charge on any atom is -0.480 e. The summed E-state index contributed by atoms with van der Waals surface area (Å²) in [6.45, 7) is 8.54.